The van der Waals surface area contributed by atoms with E-state index in [4.69, 9.17) is 4.74 Å². The number of para-hydroxylation sites is 1. The van der Waals surface area contributed by atoms with Gasteiger partial charge < -0.3 is 15.0 Å². The van der Waals surface area contributed by atoms with E-state index in [9.17, 15) is 18.8 Å². The number of amides is 1. The van der Waals surface area contributed by atoms with Crippen molar-refractivity contribution < 1.29 is 23.5 Å². The molecule has 0 aromatic heterocycles. The van der Waals surface area contributed by atoms with E-state index in [1.165, 1.54) is 31.4 Å². The Morgan fingerprint density at radius 2 is 1.64 bits per heavy atom. The highest BCUT2D eigenvalue weighted by Crippen LogP contribution is 2.62. The summed E-state index contributed by atoms with van der Waals surface area (Å²) in [7, 11) is 1.54. The standard InChI is InChI=1S/C34H24BrFN2O4/c1-42-27-15-12-21(18-25(27)35)31(40)29-28(30(39)20-10-13-22(36)14-11-20)34(24-8-4-5-9-26(24)37-33(34)41)32-23-7-3-2-6-19(23)16-17-38(29)32/h2-18,28-29,32H,1H3,(H,37,41)/t28-,29+,32-,34+/m1/s1. The summed E-state index contributed by atoms with van der Waals surface area (Å²) in [5.41, 5.74) is 2.14. The molecule has 4 aromatic rings. The molecule has 42 heavy (non-hydrogen) atoms. The van der Waals surface area contributed by atoms with Crippen LogP contribution in [0.25, 0.3) is 6.08 Å². The Hall–Kier alpha value is -4.56. The monoisotopic (exact) mass is 622 g/mol. The van der Waals surface area contributed by atoms with Crippen LogP contribution in [0.2, 0.25) is 0 Å². The molecule has 0 radical (unpaired) electrons. The Morgan fingerprint density at radius 1 is 0.929 bits per heavy atom. The summed E-state index contributed by atoms with van der Waals surface area (Å²) in [5.74, 6) is -2.14. The van der Waals surface area contributed by atoms with Gasteiger partial charge in [0, 0.05) is 23.0 Å². The molecule has 0 unspecified atom stereocenters. The van der Waals surface area contributed by atoms with Crippen molar-refractivity contribution in [1.29, 1.82) is 0 Å². The first-order valence-electron chi connectivity index (χ1n) is 13.5. The molecule has 1 fully saturated rings. The molecule has 1 spiro atoms. The molecule has 208 valence electrons. The van der Waals surface area contributed by atoms with E-state index in [1.807, 2.05) is 65.7 Å². The smallest absolute Gasteiger partial charge is 0.238 e. The average molecular weight is 623 g/mol. The molecular formula is C34H24BrFN2O4. The lowest BCUT2D eigenvalue weighted by Gasteiger charge is -2.38. The lowest BCUT2D eigenvalue weighted by molar-refractivity contribution is -0.122. The number of nitrogens with one attached hydrogen (secondary N) is 1. The SMILES string of the molecule is COc1ccc(C(=O)[C@@H]2[C@H](C(=O)c3ccc(F)cc3)[C@]3(C(=O)Nc4ccccc43)[C@H]3c4ccccc4C=CN23)cc1Br. The highest BCUT2D eigenvalue weighted by Gasteiger charge is 2.70. The van der Waals surface area contributed by atoms with Gasteiger partial charge >= 0.3 is 0 Å². The van der Waals surface area contributed by atoms with E-state index >= 15 is 0 Å². The summed E-state index contributed by atoms with van der Waals surface area (Å²) in [6.45, 7) is 0. The number of halogens is 2. The van der Waals surface area contributed by atoms with E-state index in [2.05, 4.69) is 21.2 Å². The maximum atomic E-state index is 14.7. The topological polar surface area (TPSA) is 75.7 Å². The molecule has 6 nitrogen and oxygen atoms in total. The number of carbonyl (C=O) groups excluding carboxylic acids is 3. The second-order valence-corrected chi connectivity index (χ2v) is 11.5. The van der Waals surface area contributed by atoms with Crippen LogP contribution in [0.3, 0.4) is 0 Å². The van der Waals surface area contributed by atoms with Crippen LogP contribution in [-0.4, -0.2) is 35.5 Å². The predicted octanol–water partition coefficient (Wildman–Crippen LogP) is 6.58. The number of Topliss-reactive ketones (excluding diaryl/α,β-unsaturated/α-hetero) is 2. The van der Waals surface area contributed by atoms with Gasteiger partial charge in [-0.25, -0.2) is 4.39 Å². The number of hydrogen-bond donors (Lipinski definition) is 1. The molecular weight excluding hydrogens is 599 g/mol. The van der Waals surface area contributed by atoms with Gasteiger partial charge in [0.15, 0.2) is 11.6 Å². The van der Waals surface area contributed by atoms with Gasteiger partial charge in [0.1, 0.15) is 23.0 Å². The average Bonchev–Trinajstić information content (AvgIpc) is 3.49. The number of hydrogen-bond acceptors (Lipinski definition) is 5. The maximum absolute atomic E-state index is 14.7. The van der Waals surface area contributed by atoms with Crippen molar-refractivity contribution in [1.82, 2.24) is 4.90 Å². The first-order valence-corrected chi connectivity index (χ1v) is 14.3. The molecule has 0 aliphatic carbocycles. The van der Waals surface area contributed by atoms with E-state index in [0.29, 0.717) is 27.0 Å². The second kappa shape index (κ2) is 9.77. The third-order valence-electron chi connectivity index (χ3n) is 8.69. The Bertz CT molecular complexity index is 1820. The Kier molecular flexibility index (Phi) is 6.13. The number of rotatable bonds is 5. The fourth-order valence-electron chi connectivity index (χ4n) is 6.95. The molecule has 0 saturated carbocycles. The molecule has 4 aromatic carbocycles. The van der Waals surface area contributed by atoms with Crippen LogP contribution in [-0.2, 0) is 10.2 Å². The summed E-state index contributed by atoms with van der Waals surface area (Å²) < 4.78 is 19.9. The minimum Gasteiger partial charge on any atom is -0.496 e. The summed E-state index contributed by atoms with van der Waals surface area (Å²) in [6.07, 6.45) is 3.73. The minimum atomic E-state index is -1.45. The maximum Gasteiger partial charge on any atom is 0.238 e. The third-order valence-corrected chi connectivity index (χ3v) is 9.31. The Morgan fingerprint density at radius 3 is 2.40 bits per heavy atom. The van der Waals surface area contributed by atoms with Crippen molar-refractivity contribution in [3.05, 3.63) is 135 Å². The van der Waals surface area contributed by atoms with Crippen LogP contribution in [0.1, 0.15) is 43.4 Å². The van der Waals surface area contributed by atoms with E-state index in [1.54, 1.807) is 18.2 Å². The van der Waals surface area contributed by atoms with Crippen molar-refractivity contribution in [2.75, 3.05) is 12.4 Å². The summed E-state index contributed by atoms with van der Waals surface area (Å²) in [5, 5.41) is 3.03. The van der Waals surface area contributed by atoms with E-state index in [0.717, 1.165) is 11.1 Å². The molecule has 1 saturated heterocycles. The summed E-state index contributed by atoms with van der Waals surface area (Å²) in [6, 6.07) is 23.6. The van der Waals surface area contributed by atoms with Gasteiger partial charge in [0.25, 0.3) is 0 Å². The van der Waals surface area contributed by atoms with Crippen LogP contribution in [0, 0.1) is 11.7 Å². The highest BCUT2D eigenvalue weighted by molar-refractivity contribution is 9.10. The lowest BCUT2D eigenvalue weighted by atomic mass is 9.62. The van der Waals surface area contributed by atoms with Crippen molar-refractivity contribution in [3.8, 4) is 5.75 Å². The number of ether oxygens (including phenoxy) is 1. The molecule has 1 N–H and O–H groups in total. The lowest BCUT2D eigenvalue weighted by Crippen LogP contribution is -2.49. The summed E-state index contributed by atoms with van der Waals surface area (Å²) >= 11 is 3.48. The van der Waals surface area contributed by atoms with Gasteiger partial charge in [-0.1, -0.05) is 42.5 Å². The molecule has 4 atom stereocenters. The normalized spacial score (nSPS) is 23.3. The van der Waals surface area contributed by atoms with Crippen molar-refractivity contribution >= 4 is 45.2 Å². The fourth-order valence-corrected chi connectivity index (χ4v) is 7.49. The number of ketones is 2. The molecule has 0 bridgehead atoms. The van der Waals surface area contributed by atoms with Gasteiger partial charge in [-0.05, 0) is 87.2 Å². The number of carbonyl (C=O) groups is 3. The third kappa shape index (κ3) is 3.64. The second-order valence-electron chi connectivity index (χ2n) is 10.7. The van der Waals surface area contributed by atoms with Gasteiger partial charge in [0.2, 0.25) is 5.91 Å². The van der Waals surface area contributed by atoms with Crippen LogP contribution in [0.15, 0.2) is 102 Å². The molecule has 8 heteroatoms. The summed E-state index contributed by atoms with van der Waals surface area (Å²) in [4.78, 5) is 45.7. The molecule has 3 aliphatic rings. The van der Waals surface area contributed by atoms with Gasteiger partial charge in [-0.3, -0.25) is 14.4 Å². The van der Waals surface area contributed by atoms with Crippen molar-refractivity contribution in [2.45, 2.75) is 17.5 Å². The first-order chi connectivity index (χ1) is 20.4. The van der Waals surface area contributed by atoms with Crippen LogP contribution in [0.5, 0.6) is 5.75 Å². The predicted molar refractivity (Wildman–Crippen MR) is 160 cm³/mol. The van der Waals surface area contributed by atoms with Gasteiger partial charge in [-0.2, -0.15) is 0 Å². The molecule has 3 heterocycles. The molecule has 3 aliphatic heterocycles. The Labute approximate surface area is 249 Å². The zero-order valence-electron chi connectivity index (χ0n) is 22.4. The van der Waals surface area contributed by atoms with Crippen molar-refractivity contribution in [2.24, 2.45) is 5.92 Å². The van der Waals surface area contributed by atoms with Gasteiger partial charge in [-0.15, -0.1) is 0 Å². The van der Waals surface area contributed by atoms with Crippen LogP contribution >= 0.6 is 15.9 Å². The zero-order valence-corrected chi connectivity index (χ0v) is 24.0. The number of methoxy groups -OCH3 is 1. The number of fused-ring (bicyclic) bond motifs is 6. The Balaban J connectivity index is 1.52. The number of anilines is 1. The number of benzene rings is 4. The van der Waals surface area contributed by atoms with E-state index in [-0.39, 0.29) is 17.3 Å². The minimum absolute atomic E-state index is 0.226. The highest BCUT2D eigenvalue weighted by atomic mass is 79.9. The quantitative estimate of drug-likeness (QED) is 0.255. The largest absolute Gasteiger partial charge is 0.496 e. The van der Waals surface area contributed by atoms with Crippen LogP contribution in [0.4, 0.5) is 10.1 Å². The van der Waals surface area contributed by atoms with Crippen molar-refractivity contribution in [3.63, 3.8) is 0 Å². The zero-order chi connectivity index (χ0) is 29.2. The van der Waals surface area contributed by atoms with Gasteiger partial charge in [0.05, 0.1) is 23.5 Å². The van der Waals surface area contributed by atoms with E-state index < -0.39 is 35.0 Å². The van der Waals surface area contributed by atoms with Crippen LogP contribution < -0.4 is 10.1 Å². The molecule has 7 rings (SSSR count). The fraction of sp³-hybridized carbons (Fsp3) is 0.147. The molecule has 1 amide bonds. The number of nitrogens with zero attached hydrogens (tertiary/aromatic N) is 1. The first kappa shape index (κ1) is 26.3.